The summed E-state index contributed by atoms with van der Waals surface area (Å²) in [6.45, 7) is 1.89. The first kappa shape index (κ1) is 22.0. The van der Waals surface area contributed by atoms with Crippen molar-refractivity contribution in [2.24, 2.45) is 5.10 Å². The van der Waals surface area contributed by atoms with Gasteiger partial charge in [-0.15, -0.1) is 0 Å². The lowest BCUT2D eigenvalue weighted by molar-refractivity contribution is 0.0955. The number of nitrogens with zero attached hydrogens (tertiary/aromatic N) is 2. The summed E-state index contributed by atoms with van der Waals surface area (Å²) in [6.07, 6.45) is 1.40. The molecule has 3 aromatic rings. The van der Waals surface area contributed by atoms with Gasteiger partial charge in [0.15, 0.2) is 0 Å². The molecular formula is C23H24N4O3S. The largest absolute Gasteiger partial charge is 0.378 e. The Hall–Kier alpha value is -3.65. The van der Waals surface area contributed by atoms with Crippen LogP contribution in [-0.2, 0) is 10.0 Å². The second-order valence-corrected chi connectivity index (χ2v) is 8.83. The van der Waals surface area contributed by atoms with Gasteiger partial charge in [0.05, 0.1) is 16.8 Å². The van der Waals surface area contributed by atoms with Gasteiger partial charge in [0.2, 0.25) is 0 Å². The van der Waals surface area contributed by atoms with Crippen molar-refractivity contribution in [3.8, 4) is 0 Å². The van der Waals surface area contributed by atoms with E-state index in [-0.39, 0.29) is 10.8 Å². The standard InChI is InChI=1S/C23H24N4O3S/c1-17-8-14-21(15-9-17)31(29,30)26-22-7-5-4-6-19(22)16-24-25-23(28)18-10-12-20(13-11-18)27(2)3/h4-16,26H,1-3H3,(H,25,28)/b24-16-. The molecule has 0 spiro atoms. The molecule has 3 aromatic carbocycles. The topological polar surface area (TPSA) is 90.9 Å². The molecule has 1 amide bonds. The number of nitrogens with one attached hydrogen (secondary N) is 2. The lowest BCUT2D eigenvalue weighted by Gasteiger charge is -2.12. The van der Waals surface area contributed by atoms with Crippen LogP contribution in [0.5, 0.6) is 0 Å². The fourth-order valence-corrected chi connectivity index (χ4v) is 3.85. The molecule has 0 saturated carbocycles. The Labute approximate surface area is 182 Å². The zero-order valence-corrected chi connectivity index (χ0v) is 18.3. The van der Waals surface area contributed by atoms with Crippen LogP contribution in [0, 0.1) is 6.92 Å². The summed E-state index contributed by atoms with van der Waals surface area (Å²) in [5, 5.41) is 3.98. The molecule has 0 atom stereocenters. The minimum absolute atomic E-state index is 0.166. The maximum Gasteiger partial charge on any atom is 0.271 e. The number of benzene rings is 3. The number of hydrogen-bond donors (Lipinski definition) is 2. The van der Waals surface area contributed by atoms with Gasteiger partial charge in [-0.1, -0.05) is 35.9 Å². The Balaban J connectivity index is 1.72. The Morgan fingerprint density at radius 3 is 2.23 bits per heavy atom. The van der Waals surface area contributed by atoms with Crippen molar-refractivity contribution in [2.75, 3.05) is 23.7 Å². The molecule has 0 heterocycles. The zero-order chi connectivity index (χ0) is 22.4. The first-order chi connectivity index (χ1) is 14.8. The molecule has 160 valence electrons. The lowest BCUT2D eigenvalue weighted by Crippen LogP contribution is -2.18. The molecule has 0 radical (unpaired) electrons. The molecule has 31 heavy (non-hydrogen) atoms. The van der Waals surface area contributed by atoms with Crippen molar-refractivity contribution in [3.63, 3.8) is 0 Å². The molecule has 0 fully saturated rings. The summed E-state index contributed by atoms with van der Waals surface area (Å²) in [4.78, 5) is 14.4. The lowest BCUT2D eigenvalue weighted by atomic mass is 10.2. The van der Waals surface area contributed by atoms with Gasteiger partial charge in [-0.3, -0.25) is 9.52 Å². The van der Waals surface area contributed by atoms with E-state index in [9.17, 15) is 13.2 Å². The molecule has 0 saturated heterocycles. The number of amides is 1. The van der Waals surface area contributed by atoms with Crippen LogP contribution >= 0.6 is 0 Å². The molecule has 0 unspecified atom stereocenters. The molecule has 2 N–H and O–H groups in total. The summed E-state index contributed by atoms with van der Waals surface area (Å²) >= 11 is 0. The molecule has 3 rings (SSSR count). The first-order valence-corrected chi connectivity index (χ1v) is 11.0. The van der Waals surface area contributed by atoms with Gasteiger partial charge in [-0.2, -0.15) is 5.10 Å². The summed E-state index contributed by atoms with van der Waals surface area (Å²) in [5.74, 6) is -0.362. The molecule has 0 aromatic heterocycles. The van der Waals surface area contributed by atoms with Crippen LogP contribution in [-0.4, -0.2) is 34.6 Å². The smallest absolute Gasteiger partial charge is 0.271 e. The highest BCUT2D eigenvalue weighted by atomic mass is 32.2. The van der Waals surface area contributed by atoms with Crippen molar-refractivity contribution in [1.29, 1.82) is 0 Å². The van der Waals surface area contributed by atoms with Crippen molar-refractivity contribution in [1.82, 2.24) is 5.43 Å². The number of sulfonamides is 1. The highest BCUT2D eigenvalue weighted by Crippen LogP contribution is 2.19. The molecule has 8 heteroatoms. The second kappa shape index (κ2) is 9.44. The van der Waals surface area contributed by atoms with Gasteiger partial charge in [-0.05, 0) is 49.4 Å². The van der Waals surface area contributed by atoms with Crippen LogP contribution in [0.2, 0.25) is 0 Å². The second-order valence-electron chi connectivity index (χ2n) is 7.15. The van der Waals surface area contributed by atoms with Gasteiger partial charge in [0.1, 0.15) is 0 Å². The summed E-state index contributed by atoms with van der Waals surface area (Å²) < 4.78 is 27.9. The van der Waals surface area contributed by atoms with Gasteiger partial charge in [-0.25, -0.2) is 13.8 Å². The van der Waals surface area contributed by atoms with E-state index in [1.807, 2.05) is 38.1 Å². The van der Waals surface area contributed by atoms with Gasteiger partial charge >= 0.3 is 0 Å². The third-order valence-corrected chi connectivity index (χ3v) is 5.93. The highest BCUT2D eigenvalue weighted by molar-refractivity contribution is 7.92. The molecule has 7 nitrogen and oxygen atoms in total. The zero-order valence-electron chi connectivity index (χ0n) is 17.5. The average Bonchev–Trinajstić information content (AvgIpc) is 2.75. The predicted octanol–water partition coefficient (Wildman–Crippen LogP) is 3.63. The normalized spacial score (nSPS) is 11.3. The first-order valence-electron chi connectivity index (χ1n) is 9.55. The third-order valence-electron chi connectivity index (χ3n) is 4.55. The number of hydrazone groups is 1. The number of aryl methyl sites for hydroxylation is 1. The quantitative estimate of drug-likeness (QED) is 0.437. The Bertz CT molecular complexity index is 1190. The van der Waals surface area contributed by atoms with E-state index in [4.69, 9.17) is 0 Å². The maximum atomic E-state index is 12.7. The van der Waals surface area contributed by atoms with E-state index >= 15 is 0 Å². The number of anilines is 2. The summed E-state index contributed by atoms with van der Waals surface area (Å²) in [7, 11) is 0.0899. The fourth-order valence-electron chi connectivity index (χ4n) is 2.76. The average molecular weight is 437 g/mol. The fraction of sp³-hybridized carbons (Fsp3) is 0.130. The Morgan fingerprint density at radius 1 is 0.935 bits per heavy atom. The van der Waals surface area contributed by atoms with Gasteiger partial charge in [0.25, 0.3) is 15.9 Å². The van der Waals surface area contributed by atoms with Crippen molar-refractivity contribution >= 4 is 33.5 Å². The van der Waals surface area contributed by atoms with Crippen LogP contribution in [0.15, 0.2) is 82.8 Å². The van der Waals surface area contributed by atoms with Gasteiger partial charge in [0, 0.05) is 30.9 Å². The molecule has 0 aliphatic heterocycles. The number of carbonyl (C=O) groups excluding carboxylic acids is 1. The van der Waals surface area contributed by atoms with Crippen LogP contribution in [0.1, 0.15) is 21.5 Å². The van der Waals surface area contributed by atoms with E-state index in [0.717, 1.165) is 11.3 Å². The van der Waals surface area contributed by atoms with Crippen LogP contribution in [0.3, 0.4) is 0 Å². The maximum absolute atomic E-state index is 12.7. The van der Waals surface area contributed by atoms with Gasteiger partial charge < -0.3 is 4.90 Å². The van der Waals surface area contributed by atoms with E-state index in [1.54, 1.807) is 60.7 Å². The van der Waals surface area contributed by atoms with Crippen molar-refractivity contribution in [2.45, 2.75) is 11.8 Å². The highest BCUT2D eigenvalue weighted by Gasteiger charge is 2.15. The van der Waals surface area contributed by atoms with E-state index in [1.165, 1.54) is 6.21 Å². The molecule has 0 bridgehead atoms. The van der Waals surface area contributed by atoms with E-state index in [0.29, 0.717) is 16.8 Å². The molecule has 0 aliphatic rings. The van der Waals surface area contributed by atoms with Crippen LogP contribution < -0.4 is 15.0 Å². The number of rotatable bonds is 7. The minimum Gasteiger partial charge on any atom is -0.378 e. The number of para-hydroxylation sites is 1. The van der Waals surface area contributed by atoms with Crippen LogP contribution in [0.4, 0.5) is 11.4 Å². The summed E-state index contributed by atoms with van der Waals surface area (Å²) in [5.41, 5.74) is 5.76. The Morgan fingerprint density at radius 2 is 1.58 bits per heavy atom. The summed E-state index contributed by atoms with van der Waals surface area (Å²) in [6, 6.07) is 20.5. The van der Waals surface area contributed by atoms with E-state index in [2.05, 4.69) is 15.2 Å². The molecular weight excluding hydrogens is 412 g/mol. The number of hydrogen-bond acceptors (Lipinski definition) is 5. The minimum atomic E-state index is -3.75. The SMILES string of the molecule is Cc1ccc(S(=O)(=O)Nc2ccccc2/C=N\NC(=O)c2ccc(N(C)C)cc2)cc1. The van der Waals surface area contributed by atoms with Crippen molar-refractivity contribution < 1.29 is 13.2 Å². The predicted molar refractivity (Wildman–Crippen MR) is 124 cm³/mol. The monoisotopic (exact) mass is 436 g/mol. The molecule has 0 aliphatic carbocycles. The Kier molecular flexibility index (Phi) is 6.71. The van der Waals surface area contributed by atoms with Crippen molar-refractivity contribution in [3.05, 3.63) is 89.5 Å². The third kappa shape index (κ3) is 5.70. The number of carbonyl (C=O) groups is 1. The van der Waals surface area contributed by atoms with Crippen LogP contribution in [0.25, 0.3) is 0 Å². The van der Waals surface area contributed by atoms with E-state index < -0.39 is 10.0 Å².